The zero-order chi connectivity index (χ0) is 12.4. The lowest BCUT2D eigenvalue weighted by atomic mass is 10.2. The van der Waals surface area contributed by atoms with Crippen molar-refractivity contribution in [3.05, 3.63) is 38.8 Å². The van der Waals surface area contributed by atoms with E-state index in [9.17, 15) is 4.79 Å². The molecule has 17 heavy (non-hydrogen) atoms. The summed E-state index contributed by atoms with van der Waals surface area (Å²) in [5, 5.41) is 10.1. The first kappa shape index (κ1) is 12.5. The molecule has 1 aromatic carbocycles. The molecule has 2 aromatic rings. The molecule has 0 atom stereocenters. The van der Waals surface area contributed by atoms with Crippen molar-refractivity contribution in [2.75, 3.05) is 0 Å². The van der Waals surface area contributed by atoms with E-state index in [0.717, 1.165) is 14.4 Å². The summed E-state index contributed by atoms with van der Waals surface area (Å²) in [7, 11) is 0. The third kappa shape index (κ3) is 2.86. The Morgan fingerprint density at radius 3 is 2.82 bits per heavy atom. The molecule has 0 aliphatic heterocycles. The zero-order valence-electron chi connectivity index (χ0n) is 8.48. The van der Waals surface area contributed by atoms with Crippen LogP contribution in [0.15, 0.2) is 28.1 Å². The van der Waals surface area contributed by atoms with Gasteiger partial charge in [-0.1, -0.05) is 29.8 Å². The minimum absolute atomic E-state index is 0.0957. The predicted octanol–water partition coefficient (Wildman–Crippen LogP) is 3.85. The van der Waals surface area contributed by atoms with E-state index >= 15 is 0 Å². The molecule has 6 heteroatoms. The number of carboxylic acid groups (broad SMARTS) is 1. The van der Waals surface area contributed by atoms with E-state index in [4.69, 9.17) is 16.7 Å². The van der Waals surface area contributed by atoms with E-state index in [-0.39, 0.29) is 6.42 Å². The van der Waals surface area contributed by atoms with Crippen LogP contribution in [0.4, 0.5) is 0 Å². The second kappa shape index (κ2) is 5.16. The normalized spacial score (nSPS) is 10.5. The maximum atomic E-state index is 10.7. The SMILES string of the molecule is O=C(O)Cc1nc(-c2ccccc2Cl)sc1Br. The lowest BCUT2D eigenvalue weighted by molar-refractivity contribution is -0.136. The molecule has 0 aliphatic carbocycles. The van der Waals surface area contributed by atoms with Gasteiger partial charge >= 0.3 is 5.97 Å². The molecule has 0 saturated heterocycles. The first-order chi connectivity index (χ1) is 8.08. The second-order valence-corrected chi connectivity index (χ2v) is 6.01. The van der Waals surface area contributed by atoms with Crippen molar-refractivity contribution in [1.29, 1.82) is 0 Å². The van der Waals surface area contributed by atoms with Crippen molar-refractivity contribution in [1.82, 2.24) is 4.98 Å². The third-order valence-electron chi connectivity index (χ3n) is 2.07. The van der Waals surface area contributed by atoms with Gasteiger partial charge in [0, 0.05) is 5.56 Å². The summed E-state index contributed by atoms with van der Waals surface area (Å²) >= 11 is 10.8. The third-order valence-corrected chi connectivity index (χ3v) is 4.26. The summed E-state index contributed by atoms with van der Waals surface area (Å²) in [6, 6.07) is 7.35. The van der Waals surface area contributed by atoms with Gasteiger partial charge in [-0.15, -0.1) is 11.3 Å². The standard InChI is InChI=1S/C11H7BrClNO2S/c12-10-8(5-9(15)16)14-11(17-10)6-3-1-2-4-7(6)13/h1-4H,5H2,(H,15,16). The Hall–Kier alpha value is -0.910. The highest BCUT2D eigenvalue weighted by molar-refractivity contribution is 9.11. The minimum Gasteiger partial charge on any atom is -0.481 e. The van der Waals surface area contributed by atoms with Crippen molar-refractivity contribution >= 4 is 44.8 Å². The van der Waals surface area contributed by atoms with Crippen LogP contribution in [0.2, 0.25) is 5.02 Å². The van der Waals surface area contributed by atoms with E-state index in [2.05, 4.69) is 20.9 Å². The molecule has 2 rings (SSSR count). The highest BCUT2D eigenvalue weighted by atomic mass is 79.9. The number of carboxylic acids is 1. The number of nitrogens with zero attached hydrogens (tertiary/aromatic N) is 1. The minimum atomic E-state index is -0.901. The Balaban J connectivity index is 2.41. The van der Waals surface area contributed by atoms with E-state index < -0.39 is 5.97 Å². The highest BCUT2D eigenvalue weighted by Crippen LogP contribution is 2.35. The summed E-state index contributed by atoms with van der Waals surface area (Å²) < 4.78 is 0.731. The molecular formula is C11H7BrClNO2S. The van der Waals surface area contributed by atoms with Crippen molar-refractivity contribution in [2.24, 2.45) is 0 Å². The van der Waals surface area contributed by atoms with Crippen LogP contribution < -0.4 is 0 Å². The van der Waals surface area contributed by atoms with Gasteiger partial charge in [-0.2, -0.15) is 0 Å². The average molecular weight is 333 g/mol. The summed E-state index contributed by atoms with van der Waals surface area (Å²) in [5.41, 5.74) is 1.34. The van der Waals surface area contributed by atoms with Crippen LogP contribution in [0, 0.1) is 0 Å². The van der Waals surface area contributed by atoms with Crippen molar-refractivity contribution in [2.45, 2.75) is 6.42 Å². The maximum absolute atomic E-state index is 10.7. The van der Waals surface area contributed by atoms with E-state index in [1.54, 1.807) is 6.07 Å². The number of benzene rings is 1. The molecule has 0 saturated carbocycles. The van der Waals surface area contributed by atoms with Crippen LogP contribution >= 0.6 is 38.9 Å². The molecule has 1 N–H and O–H groups in total. The summed E-state index contributed by atoms with van der Waals surface area (Å²) in [5.74, 6) is -0.901. The molecule has 3 nitrogen and oxygen atoms in total. The van der Waals surface area contributed by atoms with Gasteiger partial charge < -0.3 is 5.11 Å². The van der Waals surface area contributed by atoms with Gasteiger partial charge in [0.2, 0.25) is 0 Å². The van der Waals surface area contributed by atoms with Gasteiger partial charge in [0.25, 0.3) is 0 Å². The van der Waals surface area contributed by atoms with Gasteiger partial charge in [-0.05, 0) is 22.0 Å². The van der Waals surface area contributed by atoms with Crippen molar-refractivity contribution in [3.8, 4) is 10.6 Å². The molecule has 0 unspecified atom stereocenters. The number of thiazole rings is 1. The number of hydrogen-bond acceptors (Lipinski definition) is 3. The van der Waals surface area contributed by atoms with Gasteiger partial charge in [0.15, 0.2) is 0 Å². The lowest BCUT2D eigenvalue weighted by Gasteiger charge is -1.98. The first-order valence-corrected chi connectivity index (χ1v) is 6.68. The average Bonchev–Trinajstić information content (AvgIpc) is 2.60. The summed E-state index contributed by atoms with van der Waals surface area (Å²) in [6.45, 7) is 0. The molecular weight excluding hydrogens is 326 g/mol. The number of halogens is 2. The Morgan fingerprint density at radius 2 is 2.18 bits per heavy atom. The first-order valence-electron chi connectivity index (χ1n) is 4.70. The molecule has 0 spiro atoms. The van der Waals surface area contributed by atoms with Crippen LogP contribution in [0.3, 0.4) is 0 Å². The molecule has 0 amide bonds. The summed E-state index contributed by atoms with van der Waals surface area (Å²) in [4.78, 5) is 14.9. The fourth-order valence-corrected chi connectivity index (χ4v) is 3.15. The Kier molecular flexibility index (Phi) is 3.81. The predicted molar refractivity (Wildman–Crippen MR) is 71.6 cm³/mol. The van der Waals surface area contributed by atoms with Crippen molar-refractivity contribution < 1.29 is 9.90 Å². The van der Waals surface area contributed by atoms with Gasteiger partial charge in [-0.3, -0.25) is 4.79 Å². The molecule has 1 heterocycles. The topological polar surface area (TPSA) is 50.2 Å². The Bertz CT molecular complexity index is 570. The quantitative estimate of drug-likeness (QED) is 0.928. The Morgan fingerprint density at radius 1 is 1.47 bits per heavy atom. The van der Waals surface area contributed by atoms with Crippen LogP contribution in [0.1, 0.15) is 5.69 Å². The van der Waals surface area contributed by atoms with E-state index in [0.29, 0.717) is 10.7 Å². The van der Waals surface area contributed by atoms with Crippen LogP contribution in [-0.4, -0.2) is 16.1 Å². The number of rotatable bonds is 3. The molecule has 0 fully saturated rings. The van der Waals surface area contributed by atoms with E-state index in [1.807, 2.05) is 18.2 Å². The van der Waals surface area contributed by atoms with Crippen LogP contribution in [-0.2, 0) is 11.2 Å². The fraction of sp³-hybridized carbons (Fsp3) is 0.0909. The van der Waals surface area contributed by atoms with Gasteiger partial charge in [0.05, 0.1) is 20.9 Å². The molecule has 88 valence electrons. The zero-order valence-corrected chi connectivity index (χ0v) is 11.6. The maximum Gasteiger partial charge on any atom is 0.309 e. The van der Waals surface area contributed by atoms with Crippen LogP contribution in [0.25, 0.3) is 10.6 Å². The van der Waals surface area contributed by atoms with E-state index in [1.165, 1.54) is 11.3 Å². The van der Waals surface area contributed by atoms with Crippen molar-refractivity contribution in [3.63, 3.8) is 0 Å². The molecule has 0 bridgehead atoms. The molecule has 1 aromatic heterocycles. The summed E-state index contributed by atoms with van der Waals surface area (Å²) in [6.07, 6.45) is -0.0957. The monoisotopic (exact) mass is 331 g/mol. The Labute approximate surface area is 115 Å². The fourth-order valence-electron chi connectivity index (χ4n) is 1.34. The second-order valence-electron chi connectivity index (χ2n) is 3.29. The lowest BCUT2D eigenvalue weighted by Crippen LogP contribution is -2.00. The largest absolute Gasteiger partial charge is 0.481 e. The number of aromatic nitrogens is 1. The molecule has 0 radical (unpaired) electrons. The molecule has 0 aliphatic rings. The highest BCUT2D eigenvalue weighted by Gasteiger charge is 2.14. The number of carbonyl (C=O) groups is 1. The van der Waals surface area contributed by atoms with Gasteiger partial charge in [-0.25, -0.2) is 4.98 Å². The van der Waals surface area contributed by atoms with Gasteiger partial charge in [0.1, 0.15) is 5.01 Å². The number of hydrogen-bond donors (Lipinski definition) is 1. The number of aliphatic carboxylic acids is 1. The smallest absolute Gasteiger partial charge is 0.309 e. The van der Waals surface area contributed by atoms with Crippen LogP contribution in [0.5, 0.6) is 0 Å².